The average molecular weight is 354 g/mol. The third kappa shape index (κ3) is 3.11. The molecule has 134 valence electrons. The molecule has 0 saturated heterocycles. The smallest absolute Gasteiger partial charge is 0.332 e. The highest BCUT2D eigenvalue weighted by atomic mass is 16.6. The molecule has 25 heavy (non-hydrogen) atoms. The third-order valence-corrected chi connectivity index (χ3v) is 3.38. The number of H-pyrrole nitrogens is 1. The van der Waals surface area contributed by atoms with Crippen LogP contribution in [0.15, 0.2) is 33.4 Å². The molecule has 6 N–H and O–H groups in total. The lowest BCUT2D eigenvalue weighted by Crippen LogP contribution is -2.49. The summed E-state index contributed by atoms with van der Waals surface area (Å²) in [4.78, 5) is 36.3. The molecule has 2 heterocycles. The SMILES string of the molecule is N#C[C@@]1(n2ccc(=O)[nH]c2=O)OC(COC(=O)[C@H](N)CO)=C(O)C1O. The Hall–Kier alpha value is -3.14. The molecule has 1 aliphatic rings. The molecule has 0 radical (unpaired) electrons. The quantitative estimate of drug-likeness (QED) is 0.334. The van der Waals surface area contributed by atoms with E-state index in [1.54, 1.807) is 6.07 Å². The van der Waals surface area contributed by atoms with Gasteiger partial charge in [-0.15, -0.1) is 0 Å². The number of hydrogen-bond acceptors (Lipinski definition) is 10. The number of aromatic amines is 1. The Bertz CT molecular complexity index is 866. The number of nitrogens with one attached hydrogen (secondary N) is 1. The molecule has 0 amide bonds. The summed E-state index contributed by atoms with van der Waals surface area (Å²) in [5, 5.41) is 38.2. The average Bonchev–Trinajstić information content (AvgIpc) is 2.84. The maximum absolute atomic E-state index is 11.9. The van der Waals surface area contributed by atoms with E-state index in [9.17, 15) is 29.9 Å². The number of nitrogens with zero attached hydrogens (tertiary/aromatic N) is 2. The monoisotopic (exact) mass is 354 g/mol. The Kier molecular flexibility index (Phi) is 4.93. The van der Waals surface area contributed by atoms with Crippen LogP contribution in [-0.4, -0.2) is 56.2 Å². The van der Waals surface area contributed by atoms with Crippen molar-refractivity contribution in [2.24, 2.45) is 5.73 Å². The van der Waals surface area contributed by atoms with Crippen LogP contribution in [-0.2, 0) is 20.0 Å². The third-order valence-electron chi connectivity index (χ3n) is 3.38. The van der Waals surface area contributed by atoms with Crippen molar-refractivity contribution in [3.8, 4) is 6.07 Å². The van der Waals surface area contributed by atoms with E-state index in [1.807, 2.05) is 4.98 Å². The van der Waals surface area contributed by atoms with Crippen molar-refractivity contribution in [2.75, 3.05) is 13.2 Å². The molecule has 0 aliphatic carbocycles. The standard InChI is InChI=1S/C13H14N4O8/c14-5-13(17-2-1-8(19)16-12(17)23)10(21)9(20)7(25-13)4-24-11(22)6(15)3-18/h1-2,6,10,18,20-21H,3-4,15H2,(H,16,19,23)/t6-,10?,13-/m1/s1. The number of aliphatic hydroxyl groups is 3. The number of aromatic nitrogens is 2. The van der Waals surface area contributed by atoms with E-state index in [4.69, 9.17) is 15.6 Å². The van der Waals surface area contributed by atoms with E-state index in [0.29, 0.717) is 4.57 Å². The lowest BCUT2D eigenvalue weighted by atomic mass is 10.1. The zero-order valence-corrected chi connectivity index (χ0v) is 12.6. The predicted molar refractivity (Wildman–Crippen MR) is 77.7 cm³/mol. The summed E-state index contributed by atoms with van der Waals surface area (Å²) in [6.07, 6.45) is -1.10. The number of ether oxygens (including phenoxy) is 2. The fourth-order valence-corrected chi connectivity index (χ4v) is 2.05. The Labute approximate surface area is 138 Å². The second-order valence-electron chi connectivity index (χ2n) is 5.00. The van der Waals surface area contributed by atoms with Gasteiger partial charge in [-0.3, -0.25) is 14.6 Å². The van der Waals surface area contributed by atoms with Crippen molar-refractivity contribution in [3.05, 3.63) is 44.6 Å². The van der Waals surface area contributed by atoms with Gasteiger partial charge in [-0.05, 0) is 0 Å². The molecule has 12 heteroatoms. The minimum absolute atomic E-state index is 0.495. The van der Waals surface area contributed by atoms with Gasteiger partial charge in [-0.25, -0.2) is 9.36 Å². The number of carbonyl (C=O) groups is 1. The summed E-state index contributed by atoms with van der Waals surface area (Å²) in [7, 11) is 0. The molecule has 1 unspecified atom stereocenters. The predicted octanol–water partition coefficient (Wildman–Crippen LogP) is -3.26. The van der Waals surface area contributed by atoms with Crippen LogP contribution >= 0.6 is 0 Å². The zero-order valence-electron chi connectivity index (χ0n) is 12.6. The minimum Gasteiger partial charge on any atom is -0.506 e. The molecule has 1 aromatic rings. The van der Waals surface area contributed by atoms with Gasteiger partial charge in [-0.2, -0.15) is 5.26 Å². The molecule has 12 nitrogen and oxygen atoms in total. The highest BCUT2D eigenvalue weighted by Crippen LogP contribution is 2.36. The maximum Gasteiger partial charge on any atom is 0.332 e. The molecule has 0 bridgehead atoms. The highest BCUT2D eigenvalue weighted by Gasteiger charge is 2.53. The summed E-state index contributed by atoms with van der Waals surface area (Å²) < 4.78 is 10.4. The number of nitrogens with two attached hydrogens (primary N) is 1. The lowest BCUT2D eigenvalue weighted by Gasteiger charge is -2.26. The molecule has 1 aromatic heterocycles. The molecule has 3 atom stereocenters. The van der Waals surface area contributed by atoms with Gasteiger partial charge in [0.1, 0.15) is 12.1 Å². The number of aliphatic hydroxyl groups excluding tert-OH is 3. The van der Waals surface area contributed by atoms with Crippen molar-refractivity contribution < 1.29 is 29.6 Å². The van der Waals surface area contributed by atoms with Gasteiger partial charge in [0.2, 0.25) is 0 Å². The molecular formula is C13H14N4O8. The van der Waals surface area contributed by atoms with Crippen molar-refractivity contribution in [3.63, 3.8) is 0 Å². The molecule has 0 fully saturated rings. The van der Waals surface area contributed by atoms with Crippen LogP contribution in [0.4, 0.5) is 0 Å². The van der Waals surface area contributed by atoms with Crippen LogP contribution in [0.3, 0.4) is 0 Å². The van der Waals surface area contributed by atoms with E-state index in [0.717, 1.165) is 12.3 Å². The first-order valence-electron chi connectivity index (χ1n) is 6.82. The van der Waals surface area contributed by atoms with Crippen LogP contribution in [0.2, 0.25) is 0 Å². The van der Waals surface area contributed by atoms with E-state index < -0.39 is 59.8 Å². The van der Waals surface area contributed by atoms with Crippen molar-refractivity contribution in [2.45, 2.75) is 17.9 Å². The number of nitriles is 1. The summed E-state index contributed by atoms with van der Waals surface area (Å²) in [6, 6.07) is 1.13. The first-order valence-corrected chi connectivity index (χ1v) is 6.82. The molecule has 0 saturated carbocycles. The second-order valence-corrected chi connectivity index (χ2v) is 5.00. The van der Waals surface area contributed by atoms with Gasteiger partial charge in [0, 0.05) is 12.3 Å². The molecule has 0 spiro atoms. The van der Waals surface area contributed by atoms with Gasteiger partial charge >= 0.3 is 17.4 Å². The summed E-state index contributed by atoms with van der Waals surface area (Å²) >= 11 is 0. The van der Waals surface area contributed by atoms with E-state index in [-0.39, 0.29) is 0 Å². The van der Waals surface area contributed by atoms with Gasteiger partial charge in [0.25, 0.3) is 5.56 Å². The zero-order chi connectivity index (χ0) is 18.8. The fraction of sp³-hybridized carbons (Fsp3) is 0.385. The van der Waals surface area contributed by atoms with Gasteiger partial charge in [-0.1, -0.05) is 0 Å². The topological polar surface area (TPSA) is 201 Å². The summed E-state index contributed by atoms with van der Waals surface area (Å²) in [5.41, 5.74) is 1.02. The number of carbonyl (C=O) groups excluding carboxylic acids is 1. The summed E-state index contributed by atoms with van der Waals surface area (Å²) in [5.74, 6) is -2.35. The Balaban J connectivity index is 2.31. The molecule has 0 aromatic carbocycles. The van der Waals surface area contributed by atoms with Crippen molar-refractivity contribution in [1.82, 2.24) is 9.55 Å². The normalized spacial score (nSPS) is 23.7. The first-order chi connectivity index (χ1) is 11.8. The van der Waals surface area contributed by atoms with E-state index in [2.05, 4.69) is 4.74 Å². The van der Waals surface area contributed by atoms with Crippen LogP contribution in [0.5, 0.6) is 0 Å². The summed E-state index contributed by atoms with van der Waals surface area (Å²) in [6.45, 7) is -1.39. The second kappa shape index (κ2) is 6.77. The van der Waals surface area contributed by atoms with Gasteiger partial charge < -0.3 is 30.5 Å². The number of rotatable bonds is 5. The van der Waals surface area contributed by atoms with E-state index in [1.165, 1.54) is 0 Å². The lowest BCUT2D eigenvalue weighted by molar-refractivity contribution is -0.147. The van der Waals surface area contributed by atoms with Gasteiger partial charge in [0.05, 0.1) is 6.61 Å². The minimum atomic E-state index is -2.41. The molecular weight excluding hydrogens is 340 g/mol. The largest absolute Gasteiger partial charge is 0.506 e. The van der Waals surface area contributed by atoms with Gasteiger partial charge in [0.15, 0.2) is 24.2 Å². The molecule has 2 rings (SSSR count). The Morgan fingerprint density at radius 3 is 2.84 bits per heavy atom. The van der Waals surface area contributed by atoms with E-state index >= 15 is 0 Å². The van der Waals surface area contributed by atoms with Crippen LogP contribution in [0, 0.1) is 11.3 Å². The van der Waals surface area contributed by atoms with Crippen LogP contribution < -0.4 is 17.0 Å². The number of hydrogen-bond donors (Lipinski definition) is 5. The maximum atomic E-state index is 11.9. The first kappa shape index (κ1) is 18.2. The Morgan fingerprint density at radius 1 is 1.60 bits per heavy atom. The van der Waals surface area contributed by atoms with Crippen molar-refractivity contribution >= 4 is 5.97 Å². The van der Waals surface area contributed by atoms with Crippen LogP contribution in [0.1, 0.15) is 0 Å². The highest BCUT2D eigenvalue weighted by molar-refractivity contribution is 5.75. The Morgan fingerprint density at radius 2 is 2.28 bits per heavy atom. The number of esters is 1. The van der Waals surface area contributed by atoms with Crippen LogP contribution in [0.25, 0.3) is 0 Å². The fourth-order valence-electron chi connectivity index (χ4n) is 2.05. The molecule has 1 aliphatic heterocycles. The van der Waals surface area contributed by atoms with Crippen molar-refractivity contribution in [1.29, 1.82) is 5.26 Å².